The van der Waals surface area contributed by atoms with E-state index in [0.29, 0.717) is 0 Å². The van der Waals surface area contributed by atoms with Crippen LogP contribution in [0.3, 0.4) is 0 Å². The number of nitrogens with zero attached hydrogens (tertiary/aromatic N) is 2. The topological polar surface area (TPSA) is 43.8 Å². The van der Waals surface area contributed by atoms with Crippen LogP contribution < -0.4 is 5.73 Å². The zero-order valence-corrected chi connectivity index (χ0v) is 9.83. The molecule has 2 N–H and O–H groups in total. The van der Waals surface area contributed by atoms with E-state index < -0.39 is 0 Å². The van der Waals surface area contributed by atoms with Crippen LogP contribution in [-0.4, -0.2) is 9.78 Å². The number of fused-ring (bicyclic) bond motifs is 1. The number of hydrogen-bond acceptors (Lipinski definition) is 2. The number of hydrogen-bond donors (Lipinski definition) is 1. The van der Waals surface area contributed by atoms with Crippen molar-refractivity contribution in [1.29, 1.82) is 0 Å². The maximum Gasteiger partial charge on any atom is 0.0929 e. The van der Waals surface area contributed by atoms with Crippen molar-refractivity contribution in [2.45, 2.75) is 31.7 Å². The van der Waals surface area contributed by atoms with E-state index in [4.69, 9.17) is 5.73 Å². The van der Waals surface area contributed by atoms with Crippen molar-refractivity contribution in [3.63, 3.8) is 0 Å². The molecule has 1 fully saturated rings. The predicted octanol–water partition coefficient (Wildman–Crippen LogP) is 2.08. The van der Waals surface area contributed by atoms with Gasteiger partial charge in [-0.1, -0.05) is 19.1 Å². The molecule has 1 aromatic carbocycles. The van der Waals surface area contributed by atoms with Gasteiger partial charge in [-0.3, -0.25) is 4.68 Å². The molecule has 0 amide bonds. The zero-order valence-electron chi connectivity index (χ0n) is 9.83. The van der Waals surface area contributed by atoms with Crippen molar-refractivity contribution < 1.29 is 0 Å². The third-order valence-electron chi connectivity index (χ3n) is 3.64. The minimum Gasteiger partial charge on any atom is -0.321 e. The van der Waals surface area contributed by atoms with E-state index in [2.05, 4.69) is 30.2 Å². The van der Waals surface area contributed by atoms with E-state index in [1.54, 1.807) is 0 Å². The third kappa shape index (κ3) is 1.21. The highest BCUT2D eigenvalue weighted by atomic mass is 15.3. The Balaban J connectivity index is 2.36. The zero-order chi connectivity index (χ0) is 11.3. The van der Waals surface area contributed by atoms with Crippen LogP contribution in [0.5, 0.6) is 0 Å². The molecule has 3 nitrogen and oxygen atoms in total. The average Bonchev–Trinajstić information content (AvgIpc) is 2.92. The molecule has 0 aliphatic heterocycles. The second-order valence-electron chi connectivity index (χ2n) is 4.78. The molecular formula is C13H17N3. The van der Waals surface area contributed by atoms with Crippen LogP contribution in [0.25, 0.3) is 10.9 Å². The lowest BCUT2D eigenvalue weighted by molar-refractivity contribution is 0.723. The van der Waals surface area contributed by atoms with Crippen LogP contribution >= 0.6 is 0 Å². The molecular weight excluding hydrogens is 198 g/mol. The van der Waals surface area contributed by atoms with E-state index in [0.717, 1.165) is 24.8 Å². The Bertz CT molecular complexity index is 550. The summed E-state index contributed by atoms with van der Waals surface area (Å²) >= 11 is 0. The van der Waals surface area contributed by atoms with Crippen molar-refractivity contribution in [3.05, 3.63) is 29.5 Å². The Hall–Kier alpha value is -1.35. The molecule has 16 heavy (non-hydrogen) atoms. The average molecular weight is 215 g/mol. The molecule has 1 heterocycles. The van der Waals surface area contributed by atoms with Crippen molar-refractivity contribution in [2.24, 2.45) is 12.8 Å². The fraction of sp³-hybridized carbons (Fsp3) is 0.462. The highest BCUT2D eigenvalue weighted by molar-refractivity contribution is 5.86. The molecule has 0 unspecified atom stereocenters. The van der Waals surface area contributed by atoms with E-state index in [1.165, 1.54) is 16.6 Å². The molecule has 1 aromatic heterocycles. The van der Waals surface area contributed by atoms with Crippen LogP contribution in [0, 0.1) is 0 Å². The molecule has 0 saturated heterocycles. The number of aromatic nitrogens is 2. The molecule has 1 aliphatic carbocycles. The van der Waals surface area contributed by atoms with E-state index in [1.807, 2.05) is 11.7 Å². The van der Waals surface area contributed by atoms with E-state index >= 15 is 0 Å². The summed E-state index contributed by atoms with van der Waals surface area (Å²) in [6, 6.07) is 6.30. The van der Waals surface area contributed by atoms with Crippen molar-refractivity contribution in [2.75, 3.05) is 0 Å². The van der Waals surface area contributed by atoms with Gasteiger partial charge in [0.25, 0.3) is 0 Å². The smallest absolute Gasteiger partial charge is 0.0929 e. The highest BCUT2D eigenvalue weighted by Crippen LogP contribution is 2.45. The molecule has 3 heteroatoms. The minimum absolute atomic E-state index is 0.0769. The Labute approximate surface area is 95.2 Å². The fourth-order valence-electron chi connectivity index (χ4n) is 2.54. The van der Waals surface area contributed by atoms with Gasteiger partial charge in [0.1, 0.15) is 0 Å². The summed E-state index contributed by atoms with van der Waals surface area (Å²) in [5.74, 6) is 0. The molecule has 3 rings (SSSR count). The predicted molar refractivity (Wildman–Crippen MR) is 65.2 cm³/mol. The molecule has 84 valence electrons. The Morgan fingerprint density at radius 1 is 1.44 bits per heavy atom. The summed E-state index contributed by atoms with van der Waals surface area (Å²) < 4.78 is 1.99. The highest BCUT2D eigenvalue weighted by Gasteiger charge is 2.41. The van der Waals surface area contributed by atoms with Crippen LogP contribution in [0.1, 0.15) is 31.0 Å². The van der Waals surface area contributed by atoms with Crippen LogP contribution in [0.15, 0.2) is 18.2 Å². The van der Waals surface area contributed by atoms with Crippen molar-refractivity contribution >= 4 is 10.9 Å². The van der Waals surface area contributed by atoms with Crippen molar-refractivity contribution in [3.8, 4) is 0 Å². The van der Waals surface area contributed by atoms with Gasteiger partial charge in [0, 0.05) is 23.7 Å². The van der Waals surface area contributed by atoms with Gasteiger partial charge in [-0.2, -0.15) is 5.10 Å². The Kier molecular flexibility index (Phi) is 1.89. The summed E-state index contributed by atoms with van der Waals surface area (Å²) in [5, 5.41) is 5.83. The van der Waals surface area contributed by atoms with Gasteiger partial charge in [0.05, 0.1) is 5.52 Å². The molecule has 2 aromatic rings. The second-order valence-corrected chi connectivity index (χ2v) is 4.78. The standard InChI is InChI=1S/C13H17N3/c1-3-11-12-9(13(14)7-8-13)5-4-6-10(12)15-16(11)2/h4-6H,3,7-8,14H2,1-2H3. The lowest BCUT2D eigenvalue weighted by atomic mass is 9.99. The summed E-state index contributed by atoms with van der Waals surface area (Å²) in [5.41, 5.74) is 9.91. The maximum atomic E-state index is 6.33. The van der Waals surface area contributed by atoms with E-state index in [-0.39, 0.29) is 5.54 Å². The van der Waals surface area contributed by atoms with Gasteiger partial charge in [0.2, 0.25) is 0 Å². The lowest BCUT2D eigenvalue weighted by Crippen LogP contribution is -2.19. The minimum atomic E-state index is -0.0769. The summed E-state index contributed by atoms with van der Waals surface area (Å²) in [7, 11) is 2.01. The number of aryl methyl sites for hydroxylation is 2. The number of rotatable bonds is 2. The van der Waals surface area contributed by atoms with Crippen LogP contribution in [0.2, 0.25) is 0 Å². The fourth-order valence-corrected chi connectivity index (χ4v) is 2.54. The molecule has 0 spiro atoms. The molecule has 0 radical (unpaired) electrons. The van der Waals surface area contributed by atoms with Crippen LogP contribution in [0.4, 0.5) is 0 Å². The largest absolute Gasteiger partial charge is 0.321 e. The SMILES string of the molecule is CCc1c2c(C3(N)CC3)cccc2nn1C. The molecule has 0 atom stereocenters. The number of benzene rings is 1. The van der Waals surface area contributed by atoms with Gasteiger partial charge in [0.15, 0.2) is 0 Å². The second kappa shape index (κ2) is 3.08. The first-order valence-corrected chi connectivity index (χ1v) is 5.89. The maximum absolute atomic E-state index is 6.33. The van der Waals surface area contributed by atoms with E-state index in [9.17, 15) is 0 Å². The van der Waals surface area contributed by atoms with Gasteiger partial charge in [-0.15, -0.1) is 0 Å². The first kappa shape index (κ1) is 9.85. The summed E-state index contributed by atoms with van der Waals surface area (Å²) in [4.78, 5) is 0. The molecule has 0 bridgehead atoms. The quantitative estimate of drug-likeness (QED) is 0.833. The van der Waals surface area contributed by atoms with Gasteiger partial charge in [-0.05, 0) is 30.9 Å². The summed E-state index contributed by atoms with van der Waals surface area (Å²) in [6.07, 6.45) is 3.20. The first-order valence-electron chi connectivity index (χ1n) is 5.89. The van der Waals surface area contributed by atoms with Gasteiger partial charge in [-0.25, -0.2) is 0 Å². The van der Waals surface area contributed by atoms with Crippen LogP contribution in [-0.2, 0) is 19.0 Å². The first-order chi connectivity index (χ1) is 7.65. The van der Waals surface area contributed by atoms with Crippen molar-refractivity contribution in [1.82, 2.24) is 9.78 Å². The summed E-state index contributed by atoms with van der Waals surface area (Å²) in [6.45, 7) is 2.17. The van der Waals surface area contributed by atoms with Gasteiger partial charge >= 0.3 is 0 Å². The molecule has 1 saturated carbocycles. The van der Waals surface area contributed by atoms with Gasteiger partial charge < -0.3 is 5.73 Å². The third-order valence-corrected chi connectivity index (χ3v) is 3.64. The normalized spacial score (nSPS) is 17.9. The molecule has 1 aliphatic rings. The Morgan fingerprint density at radius 2 is 2.19 bits per heavy atom. The monoisotopic (exact) mass is 215 g/mol. The lowest BCUT2D eigenvalue weighted by Gasteiger charge is -2.11. The number of nitrogens with two attached hydrogens (primary N) is 1. The Morgan fingerprint density at radius 3 is 2.81 bits per heavy atom.